The van der Waals surface area contributed by atoms with E-state index in [1.165, 1.54) is 22.9 Å². The number of thioether (sulfide) groups is 1. The molecule has 1 unspecified atom stereocenters. The Morgan fingerprint density at radius 2 is 1.84 bits per heavy atom. The third-order valence-corrected chi connectivity index (χ3v) is 5.69. The van der Waals surface area contributed by atoms with Crippen molar-refractivity contribution in [2.75, 3.05) is 10.2 Å². The molecule has 0 aliphatic carbocycles. The number of furan rings is 1. The van der Waals surface area contributed by atoms with Gasteiger partial charge in [0.15, 0.2) is 5.17 Å². The molecular weight excluding hydrogens is 410 g/mol. The van der Waals surface area contributed by atoms with Crippen LogP contribution in [0.1, 0.15) is 18.2 Å². The lowest BCUT2D eigenvalue weighted by Crippen LogP contribution is -2.33. The lowest BCUT2D eigenvalue weighted by atomic mass is 10.2. The van der Waals surface area contributed by atoms with Crippen molar-refractivity contribution in [3.8, 4) is 0 Å². The van der Waals surface area contributed by atoms with Crippen LogP contribution < -0.4 is 10.2 Å². The third-order valence-electron chi connectivity index (χ3n) is 4.64. The van der Waals surface area contributed by atoms with Gasteiger partial charge < -0.3 is 9.73 Å². The summed E-state index contributed by atoms with van der Waals surface area (Å²) in [5, 5.41) is 2.88. The van der Waals surface area contributed by atoms with Gasteiger partial charge in [-0.3, -0.25) is 14.5 Å². The van der Waals surface area contributed by atoms with Gasteiger partial charge in [0.05, 0.1) is 17.2 Å². The molecule has 0 radical (unpaired) electrons. The molecule has 0 fully saturated rings. The van der Waals surface area contributed by atoms with Crippen molar-refractivity contribution in [2.24, 2.45) is 4.99 Å². The quantitative estimate of drug-likeness (QED) is 0.571. The van der Waals surface area contributed by atoms with E-state index in [9.17, 15) is 9.59 Å². The minimum atomic E-state index is -0.470. The van der Waals surface area contributed by atoms with Crippen LogP contribution in [0, 0.1) is 6.92 Å². The predicted molar refractivity (Wildman–Crippen MR) is 125 cm³/mol. The van der Waals surface area contributed by atoms with Gasteiger partial charge in [0.1, 0.15) is 11.5 Å². The smallest absolute Gasteiger partial charge is 0.283 e. The molecule has 1 N–H and O–H groups in total. The van der Waals surface area contributed by atoms with Gasteiger partial charge in [0, 0.05) is 11.8 Å². The maximum Gasteiger partial charge on any atom is 0.283 e. The highest BCUT2D eigenvalue weighted by Gasteiger charge is 2.34. The average molecular weight is 432 g/mol. The van der Waals surface area contributed by atoms with Crippen LogP contribution in [0.15, 0.2) is 88.1 Å². The minimum Gasteiger partial charge on any atom is -0.465 e. The van der Waals surface area contributed by atoms with Gasteiger partial charge in [-0.05, 0) is 50.2 Å². The Morgan fingerprint density at radius 3 is 2.52 bits per heavy atom. The Kier molecular flexibility index (Phi) is 6.04. The molecule has 0 spiro atoms. The first kappa shape index (κ1) is 20.7. The molecule has 0 bridgehead atoms. The second-order valence-corrected chi connectivity index (χ2v) is 8.34. The van der Waals surface area contributed by atoms with E-state index in [-0.39, 0.29) is 17.5 Å². The van der Waals surface area contributed by atoms with Crippen LogP contribution in [0.2, 0.25) is 0 Å². The summed E-state index contributed by atoms with van der Waals surface area (Å²) in [6.07, 6.45) is 3.14. The van der Waals surface area contributed by atoms with Crippen molar-refractivity contribution in [3.05, 3.63) is 90.0 Å². The molecule has 1 aliphatic heterocycles. The van der Waals surface area contributed by atoms with E-state index >= 15 is 0 Å². The number of rotatable bonds is 5. The number of aliphatic imine (C=N–C) groups is 1. The monoisotopic (exact) mass is 431 g/mol. The number of aryl methyl sites for hydroxylation is 1. The van der Waals surface area contributed by atoms with E-state index in [1.54, 1.807) is 25.1 Å². The van der Waals surface area contributed by atoms with Crippen LogP contribution in [0.3, 0.4) is 0 Å². The molecule has 31 heavy (non-hydrogen) atoms. The van der Waals surface area contributed by atoms with E-state index in [1.807, 2.05) is 61.5 Å². The summed E-state index contributed by atoms with van der Waals surface area (Å²) in [6.45, 7) is 3.78. The van der Waals surface area contributed by atoms with E-state index in [0.29, 0.717) is 16.6 Å². The zero-order valence-corrected chi connectivity index (χ0v) is 17.9. The molecule has 2 amide bonds. The molecule has 156 valence electrons. The second kappa shape index (κ2) is 9.06. The number of amides is 2. The Morgan fingerprint density at radius 1 is 1.10 bits per heavy atom. The normalized spacial score (nSPS) is 15.8. The SMILES string of the molecule is Cc1ccc(NC(=O)C(C)SC2=N/C(=C/c3ccco3)C(=O)N2c2ccccc2)cc1. The number of carbonyl (C=O) groups is 2. The zero-order chi connectivity index (χ0) is 21.8. The lowest BCUT2D eigenvalue weighted by molar-refractivity contribution is -0.115. The highest BCUT2D eigenvalue weighted by atomic mass is 32.2. The lowest BCUT2D eigenvalue weighted by Gasteiger charge is -2.20. The van der Waals surface area contributed by atoms with E-state index in [4.69, 9.17) is 4.42 Å². The Bertz CT molecular complexity index is 1140. The van der Waals surface area contributed by atoms with Gasteiger partial charge in [-0.1, -0.05) is 47.7 Å². The summed E-state index contributed by atoms with van der Waals surface area (Å²) in [5.41, 5.74) is 2.79. The standard InChI is InChI=1S/C24H21N3O3S/c1-16-10-12-18(13-11-16)25-22(28)17(2)31-24-26-21(15-20-9-6-14-30-20)23(29)27(24)19-7-4-3-5-8-19/h3-15,17H,1-2H3,(H,25,28)/b21-15+. The fourth-order valence-corrected chi connectivity index (χ4v) is 3.91. The van der Waals surface area contributed by atoms with Gasteiger partial charge in [0.25, 0.3) is 5.91 Å². The summed E-state index contributed by atoms with van der Waals surface area (Å²) >= 11 is 1.23. The Hall–Kier alpha value is -3.58. The summed E-state index contributed by atoms with van der Waals surface area (Å²) in [7, 11) is 0. The average Bonchev–Trinajstić information content (AvgIpc) is 3.38. The van der Waals surface area contributed by atoms with Gasteiger partial charge in [-0.2, -0.15) is 0 Å². The maximum atomic E-state index is 13.1. The van der Waals surface area contributed by atoms with Crippen LogP contribution in [0.5, 0.6) is 0 Å². The number of hydrogen-bond donors (Lipinski definition) is 1. The van der Waals surface area contributed by atoms with Gasteiger partial charge in [-0.15, -0.1) is 0 Å². The molecule has 7 heteroatoms. The number of benzene rings is 2. The van der Waals surface area contributed by atoms with Crippen molar-refractivity contribution in [3.63, 3.8) is 0 Å². The van der Waals surface area contributed by atoms with Crippen molar-refractivity contribution in [1.82, 2.24) is 0 Å². The van der Waals surface area contributed by atoms with Gasteiger partial charge in [0.2, 0.25) is 5.91 Å². The number of nitrogens with zero attached hydrogens (tertiary/aromatic N) is 2. The van der Waals surface area contributed by atoms with E-state index in [2.05, 4.69) is 10.3 Å². The molecule has 4 rings (SSSR count). The highest BCUT2D eigenvalue weighted by molar-refractivity contribution is 8.15. The number of hydrogen-bond acceptors (Lipinski definition) is 5. The molecular formula is C24H21N3O3S. The molecule has 1 aliphatic rings. The molecule has 0 saturated heterocycles. The predicted octanol–water partition coefficient (Wildman–Crippen LogP) is 5.09. The van der Waals surface area contributed by atoms with Crippen LogP contribution in [-0.2, 0) is 9.59 Å². The molecule has 0 saturated carbocycles. The van der Waals surface area contributed by atoms with E-state index < -0.39 is 5.25 Å². The first-order valence-corrected chi connectivity index (χ1v) is 10.7. The second-order valence-electron chi connectivity index (χ2n) is 7.03. The van der Waals surface area contributed by atoms with Crippen molar-refractivity contribution < 1.29 is 14.0 Å². The van der Waals surface area contributed by atoms with Crippen LogP contribution in [0.4, 0.5) is 11.4 Å². The van der Waals surface area contributed by atoms with Gasteiger partial charge in [-0.25, -0.2) is 4.99 Å². The molecule has 1 aromatic heterocycles. The highest BCUT2D eigenvalue weighted by Crippen LogP contribution is 2.31. The number of para-hydroxylation sites is 1. The fraction of sp³-hybridized carbons (Fsp3) is 0.125. The van der Waals surface area contributed by atoms with Crippen LogP contribution >= 0.6 is 11.8 Å². The van der Waals surface area contributed by atoms with Crippen LogP contribution in [-0.4, -0.2) is 22.2 Å². The topological polar surface area (TPSA) is 74.9 Å². The van der Waals surface area contributed by atoms with E-state index in [0.717, 1.165) is 11.3 Å². The van der Waals surface area contributed by atoms with Gasteiger partial charge >= 0.3 is 0 Å². The fourth-order valence-electron chi connectivity index (χ4n) is 2.98. The number of carbonyl (C=O) groups excluding carboxylic acids is 2. The van der Waals surface area contributed by atoms with Crippen molar-refractivity contribution in [1.29, 1.82) is 0 Å². The Balaban J connectivity index is 1.57. The molecule has 6 nitrogen and oxygen atoms in total. The first-order chi connectivity index (χ1) is 15.0. The van der Waals surface area contributed by atoms with Crippen molar-refractivity contribution in [2.45, 2.75) is 19.1 Å². The summed E-state index contributed by atoms with van der Waals surface area (Å²) in [6, 6.07) is 20.4. The summed E-state index contributed by atoms with van der Waals surface area (Å²) in [5.74, 6) is 0.105. The number of amidine groups is 1. The maximum absolute atomic E-state index is 13.1. The summed E-state index contributed by atoms with van der Waals surface area (Å²) < 4.78 is 5.33. The molecule has 2 heterocycles. The van der Waals surface area contributed by atoms with Crippen LogP contribution in [0.25, 0.3) is 6.08 Å². The minimum absolute atomic E-state index is 0.166. The third kappa shape index (κ3) is 4.78. The number of anilines is 2. The summed E-state index contributed by atoms with van der Waals surface area (Å²) in [4.78, 5) is 31.9. The molecule has 1 atom stereocenters. The van der Waals surface area contributed by atoms with Crippen molar-refractivity contribution >= 4 is 46.2 Å². The number of nitrogens with one attached hydrogen (secondary N) is 1. The molecule has 2 aromatic carbocycles. The molecule has 3 aromatic rings. The first-order valence-electron chi connectivity index (χ1n) is 9.79. The zero-order valence-electron chi connectivity index (χ0n) is 17.1. The Labute approximate surface area is 184 Å². The largest absolute Gasteiger partial charge is 0.465 e.